The fourth-order valence-corrected chi connectivity index (χ4v) is 3.74. The van der Waals surface area contributed by atoms with Crippen molar-refractivity contribution < 1.29 is 19.3 Å². The highest BCUT2D eigenvalue weighted by atomic mass is 16.8. The molecule has 146 valence electrons. The van der Waals surface area contributed by atoms with Crippen molar-refractivity contribution in [3.05, 3.63) is 33.5 Å². The number of nitrogens with one attached hydrogen (secondary N) is 1. The van der Waals surface area contributed by atoms with E-state index in [0.717, 1.165) is 0 Å². The number of imidazole rings is 1. The number of ether oxygens (including phenoxy) is 3. The quantitative estimate of drug-likeness (QED) is 0.577. The highest BCUT2D eigenvalue weighted by Crippen LogP contribution is 2.43. The second-order valence-corrected chi connectivity index (χ2v) is 6.99. The smallest absolute Gasteiger partial charge is 0.333 e. The molecule has 4 N–H and O–H groups in total. The Hall–Kier alpha value is -2.47. The Morgan fingerprint density at radius 1 is 1.37 bits per heavy atom. The van der Waals surface area contributed by atoms with E-state index in [1.165, 1.54) is 15.2 Å². The minimum atomic E-state index is -0.941. The molecule has 1 unspecified atom stereocenters. The van der Waals surface area contributed by atoms with Crippen LogP contribution < -0.4 is 17.0 Å². The molecule has 2 aliphatic heterocycles. The molecule has 0 saturated carbocycles. The molecular formula is C16H21N5O6. The van der Waals surface area contributed by atoms with Crippen molar-refractivity contribution in [1.29, 1.82) is 0 Å². The molecule has 0 spiro atoms. The molecule has 27 heavy (non-hydrogen) atoms. The van der Waals surface area contributed by atoms with Crippen LogP contribution in [0.3, 0.4) is 0 Å². The number of nitrogen functional groups attached to an aromatic ring is 1. The number of allylic oxidation sites excluding steroid dienone is 1. The number of hydrogen-bond donors (Lipinski definition) is 3. The standard InChI is InChI=1S/C16H21N5O6/c1-4-5-20-8-11(18-14(17)19-12(8)23)21(15(20)24)13-10-9(7(6-22)25-13)26-16(2,3)27-10/h4,7,9-10,13,22H,1,5-6H2,2-3H3,(H3,17,18,19,23)/t7-,9-,10-,13?/m1/s1. The number of anilines is 1. The Kier molecular flexibility index (Phi) is 4.00. The van der Waals surface area contributed by atoms with Gasteiger partial charge in [-0.15, -0.1) is 6.58 Å². The molecule has 4 atom stereocenters. The molecule has 0 aromatic carbocycles. The summed E-state index contributed by atoms with van der Waals surface area (Å²) in [6.07, 6.45) is -1.37. The van der Waals surface area contributed by atoms with Crippen molar-refractivity contribution in [2.24, 2.45) is 0 Å². The minimum absolute atomic E-state index is 0.0554. The van der Waals surface area contributed by atoms with Gasteiger partial charge in [-0.2, -0.15) is 4.98 Å². The number of H-pyrrole nitrogens is 1. The van der Waals surface area contributed by atoms with Crippen LogP contribution in [-0.2, 0) is 20.8 Å². The third-order valence-electron chi connectivity index (χ3n) is 4.70. The van der Waals surface area contributed by atoms with Crippen molar-refractivity contribution in [2.75, 3.05) is 12.3 Å². The van der Waals surface area contributed by atoms with E-state index < -0.39 is 41.6 Å². The lowest BCUT2D eigenvalue weighted by Gasteiger charge is -2.23. The van der Waals surface area contributed by atoms with Crippen LogP contribution in [0.15, 0.2) is 22.2 Å². The summed E-state index contributed by atoms with van der Waals surface area (Å²) in [6, 6.07) is 0. The molecule has 2 aromatic heterocycles. The maximum atomic E-state index is 13.1. The van der Waals surface area contributed by atoms with Crippen LogP contribution in [0.25, 0.3) is 11.2 Å². The minimum Gasteiger partial charge on any atom is -0.394 e. The summed E-state index contributed by atoms with van der Waals surface area (Å²) in [5.74, 6) is -1.04. The lowest BCUT2D eigenvalue weighted by Crippen LogP contribution is -2.34. The van der Waals surface area contributed by atoms with Crippen molar-refractivity contribution >= 4 is 17.1 Å². The average Bonchev–Trinajstić information content (AvgIpc) is 3.15. The molecule has 0 aliphatic carbocycles. The Morgan fingerprint density at radius 2 is 2.07 bits per heavy atom. The maximum absolute atomic E-state index is 13.1. The van der Waals surface area contributed by atoms with Gasteiger partial charge in [0.1, 0.15) is 18.3 Å². The largest absolute Gasteiger partial charge is 0.394 e. The first-order valence-corrected chi connectivity index (χ1v) is 8.51. The summed E-state index contributed by atoms with van der Waals surface area (Å²) in [6.45, 7) is 6.88. The summed E-state index contributed by atoms with van der Waals surface area (Å²) < 4.78 is 20.0. The summed E-state index contributed by atoms with van der Waals surface area (Å²) in [4.78, 5) is 32.0. The van der Waals surface area contributed by atoms with E-state index >= 15 is 0 Å². The fraction of sp³-hybridized carbons (Fsp3) is 0.562. The van der Waals surface area contributed by atoms with E-state index in [0.29, 0.717) is 0 Å². The first kappa shape index (κ1) is 17.9. The van der Waals surface area contributed by atoms with E-state index in [1.54, 1.807) is 13.8 Å². The molecule has 4 rings (SSSR count). The average molecular weight is 379 g/mol. The van der Waals surface area contributed by atoms with Crippen molar-refractivity contribution in [1.82, 2.24) is 19.1 Å². The molecule has 4 heterocycles. The van der Waals surface area contributed by atoms with Crippen LogP contribution >= 0.6 is 0 Å². The Balaban J connectivity index is 1.94. The number of aliphatic hydroxyl groups is 1. The second kappa shape index (κ2) is 6.02. The van der Waals surface area contributed by atoms with E-state index in [-0.39, 0.29) is 30.3 Å². The zero-order valence-electron chi connectivity index (χ0n) is 14.9. The predicted molar refractivity (Wildman–Crippen MR) is 94.0 cm³/mol. The second-order valence-electron chi connectivity index (χ2n) is 6.99. The number of fused-ring (bicyclic) bond motifs is 2. The van der Waals surface area contributed by atoms with Gasteiger partial charge in [0, 0.05) is 6.54 Å². The van der Waals surface area contributed by atoms with Gasteiger partial charge in [0.2, 0.25) is 5.95 Å². The zero-order chi connectivity index (χ0) is 19.5. The highest BCUT2D eigenvalue weighted by molar-refractivity contribution is 5.71. The van der Waals surface area contributed by atoms with E-state index in [4.69, 9.17) is 19.9 Å². The van der Waals surface area contributed by atoms with Crippen LogP contribution in [0.4, 0.5) is 5.95 Å². The third-order valence-corrected chi connectivity index (χ3v) is 4.70. The van der Waals surface area contributed by atoms with Gasteiger partial charge in [0.25, 0.3) is 5.56 Å². The molecule has 0 radical (unpaired) electrons. The Bertz CT molecular complexity index is 1020. The molecule has 2 aromatic rings. The van der Waals surface area contributed by atoms with Crippen LogP contribution in [0.5, 0.6) is 0 Å². The molecule has 0 bridgehead atoms. The fourth-order valence-electron chi connectivity index (χ4n) is 3.74. The van der Waals surface area contributed by atoms with Gasteiger partial charge in [-0.25, -0.2) is 9.36 Å². The van der Waals surface area contributed by atoms with E-state index in [1.807, 2.05) is 0 Å². The molecular weight excluding hydrogens is 358 g/mol. The zero-order valence-corrected chi connectivity index (χ0v) is 14.9. The summed E-state index contributed by atoms with van der Waals surface area (Å²) in [5.41, 5.74) is 4.73. The highest BCUT2D eigenvalue weighted by Gasteiger charge is 2.56. The first-order valence-electron chi connectivity index (χ1n) is 8.51. The normalized spacial score (nSPS) is 29.3. The number of nitrogens with two attached hydrogens (primary N) is 1. The van der Waals surface area contributed by atoms with Crippen LogP contribution in [0.1, 0.15) is 20.1 Å². The van der Waals surface area contributed by atoms with Crippen LogP contribution in [0.2, 0.25) is 0 Å². The van der Waals surface area contributed by atoms with Crippen LogP contribution in [0, 0.1) is 0 Å². The monoisotopic (exact) mass is 379 g/mol. The molecule has 11 nitrogen and oxygen atoms in total. The van der Waals surface area contributed by atoms with Crippen molar-refractivity contribution in [3.8, 4) is 0 Å². The lowest BCUT2D eigenvalue weighted by molar-refractivity contribution is -0.200. The number of rotatable bonds is 4. The third kappa shape index (κ3) is 2.62. The number of nitrogens with zero attached hydrogens (tertiary/aromatic N) is 3. The van der Waals surface area contributed by atoms with Gasteiger partial charge in [-0.3, -0.25) is 14.3 Å². The Morgan fingerprint density at radius 3 is 2.74 bits per heavy atom. The van der Waals surface area contributed by atoms with Gasteiger partial charge < -0.3 is 25.1 Å². The maximum Gasteiger partial charge on any atom is 0.333 e. The predicted octanol–water partition coefficient (Wildman–Crippen LogP) is -0.936. The Labute approximate surface area is 153 Å². The van der Waals surface area contributed by atoms with Crippen molar-refractivity contribution in [3.63, 3.8) is 0 Å². The SMILES string of the molecule is C=CCn1c(=O)n(C2O[C@H](CO)[C@H]3OC(C)(C)O[C@@H]23)c2nc(N)[nH]c(=O)c21. The molecule has 2 saturated heterocycles. The van der Waals surface area contributed by atoms with E-state index in [2.05, 4.69) is 16.5 Å². The summed E-state index contributed by atoms with van der Waals surface area (Å²) in [5, 5.41) is 9.65. The molecule has 2 fully saturated rings. The number of aliphatic hydroxyl groups excluding tert-OH is 1. The number of aromatic nitrogens is 4. The van der Waals surface area contributed by atoms with E-state index in [9.17, 15) is 14.7 Å². The van der Waals surface area contributed by atoms with Gasteiger partial charge in [0.15, 0.2) is 23.2 Å². The summed E-state index contributed by atoms with van der Waals surface area (Å²) >= 11 is 0. The topological polar surface area (TPSA) is 147 Å². The molecule has 11 heteroatoms. The lowest BCUT2D eigenvalue weighted by atomic mass is 10.1. The summed E-state index contributed by atoms with van der Waals surface area (Å²) in [7, 11) is 0. The van der Waals surface area contributed by atoms with Gasteiger partial charge in [0.05, 0.1) is 6.61 Å². The number of aromatic amines is 1. The molecule has 0 amide bonds. The van der Waals surface area contributed by atoms with Crippen molar-refractivity contribution in [2.45, 2.75) is 50.7 Å². The first-order chi connectivity index (χ1) is 12.8. The van der Waals surface area contributed by atoms with Crippen LogP contribution in [-0.4, -0.2) is 54.9 Å². The number of hydrogen-bond acceptors (Lipinski definition) is 8. The van der Waals surface area contributed by atoms with Gasteiger partial charge in [-0.05, 0) is 13.8 Å². The molecule has 2 aliphatic rings. The van der Waals surface area contributed by atoms with Gasteiger partial charge >= 0.3 is 5.69 Å². The van der Waals surface area contributed by atoms with Gasteiger partial charge in [-0.1, -0.05) is 6.08 Å².